The van der Waals surface area contributed by atoms with Gasteiger partial charge in [-0.15, -0.1) is 11.3 Å². The molecule has 5 heteroatoms. The van der Waals surface area contributed by atoms with Gasteiger partial charge in [0.2, 0.25) is 0 Å². The SMILES string of the molecule is OCc1cnc(-c2ccc(Cl)s2)nc1. The van der Waals surface area contributed by atoms with Gasteiger partial charge in [-0.1, -0.05) is 11.6 Å². The van der Waals surface area contributed by atoms with Crippen LogP contribution in [0.5, 0.6) is 0 Å². The van der Waals surface area contributed by atoms with E-state index in [1.807, 2.05) is 12.1 Å². The summed E-state index contributed by atoms with van der Waals surface area (Å²) in [5, 5.41) is 8.80. The Morgan fingerprint density at radius 1 is 1.29 bits per heavy atom. The Morgan fingerprint density at radius 2 is 2.00 bits per heavy atom. The molecule has 0 saturated carbocycles. The Morgan fingerprint density at radius 3 is 2.50 bits per heavy atom. The molecule has 0 amide bonds. The van der Waals surface area contributed by atoms with E-state index in [0.29, 0.717) is 11.4 Å². The number of aliphatic hydroxyl groups excluding tert-OH is 1. The summed E-state index contributed by atoms with van der Waals surface area (Å²) in [6.07, 6.45) is 3.21. The van der Waals surface area contributed by atoms with Gasteiger partial charge < -0.3 is 5.11 Å². The minimum atomic E-state index is -0.0362. The molecular formula is C9H7ClN2OS. The van der Waals surface area contributed by atoms with Crippen LogP contribution in [0.25, 0.3) is 10.7 Å². The van der Waals surface area contributed by atoms with Gasteiger partial charge in [-0.05, 0) is 12.1 Å². The molecule has 0 saturated heterocycles. The number of hydrogen-bond donors (Lipinski definition) is 1. The van der Waals surface area contributed by atoms with Crippen molar-refractivity contribution in [3.63, 3.8) is 0 Å². The molecule has 0 unspecified atom stereocenters. The summed E-state index contributed by atoms with van der Waals surface area (Å²) >= 11 is 7.22. The first kappa shape index (κ1) is 9.58. The topological polar surface area (TPSA) is 46.0 Å². The number of rotatable bonds is 2. The van der Waals surface area contributed by atoms with Crippen molar-refractivity contribution in [1.29, 1.82) is 0 Å². The summed E-state index contributed by atoms with van der Waals surface area (Å²) in [7, 11) is 0. The molecule has 72 valence electrons. The van der Waals surface area contributed by atoms with Gasteiger partial charge in [-0.25, -0.2) is 9.97 Å². The highest BCUT2D eigenvalue weighted by atomic mass is 35.5. The third-order valence-corrected chi connectivity index (χ3v) is 2.91. The zero-order chi connectivity index (χ0) is 9.97. The van der Waals surface area contributed by atoms with Crippen LogP contribution in [0.15, 0.2) is 24.5 Å². The first-order chi connectivity index (χ1) is 6.79. The molecule has 3 nitrogen and oxygen atoms in total. The maximum atomic E-state index is 8.80. The standard InChI is InChI=1S/C9H7ClN2OS/c10-8-2-1-7(14-8)9-11-3-6(5-13)4-12-9/h1-4,13H,5H2. The molecule has 0 aliphatic rings. The second kappa shape index (κ2) is 4.04. The van der Waals surface area contributed by atoms with Gasteiger partial charge in [0.1, 0.15) is 0 Å². The lowest BCUT2D eigenvalue weighted by atomic mass is 10.3. The van der Waals surface area contributed by atoms with E-state index in [1.165, 1.54) is 11.3 Å². The monoisotopic (exact) mass is 226 g/mol. The van der Waals surface area contributed by atoms with Gasteiger partial charge in [-0.2, -0.15) is 0 Å². The van der Waals surface area contributed by atoms with Gasteiger partial charge in [0, 0.05) is 18.0 Å². The molecule has 0 radical (unpaired) electrons. The van der Waals surface area contributed by atoms with Crippen molar-refractivity contribution in [3.8, 4) is 10.7 Å². The molecule has 2 aromatic rings. The second-order valence-electron chi connectivity index (χ2n) is 2.68. The summed E-state index contributed by atoms with van der Waals surface area (Å²) in [5.74, 6) is 0.638. The normalized spacial score (nSPS) is 10.4. The van der Waals surface area contributed by atoms with Gasteiger partial charge in [0.15, 0.2) is 5.82 Å². The van der Waals surface area contributed by atoms with E-state index < -0.39 is 0 Å². The highest BCUT2D eigenvalue weighted by Gasteiger charge is 2.03. The van der Waals surface area contributed by atoms with E-state index in [-0.39, 0.29) is 6.61 Å². The van der Waals surface area contributed by atoms with Crippen LogP contribution < -0.4 is 0 Å². The van der Waals surface area contributed by atoms with Crippen LogP contribution in [0.1, 0.15) is 5.56 Å². The molecule has 2 aromatic heterocycles. The maximum absolute atomic E-state index is 8.80. The predicted molar refractivity (Wildman–Crippen MR) is 56.3 cm³/mol. The molecule has 0 aliphatic carbocycles. The lowest BCUT2D eigenvalue weighted by molar-refractivity contribution is 0.281. The first-order valence-electron chi connectivity index (χ1n) is 3.97. The number of hydrogen-bond acceptors (Lipinski definition) is 4. The zero-order valence-corrected chi connectivity index (χ0v) is 8.72. The van der Waals surface area contributed by atoms with E-state index in [4.69, 9.17) is 16.7 Å². The van der Waals surface area contributed by atoms with Crippen LogP contribution in [0.4, 0.5) is 0 Å². The predicted octanol–water partition coefficient (Wildman–Crippen LogP) is 2.35. The third-order valence-electron chi connectivity index (χ3n) is 1.68. The number of halogens is 1. The molecule has 1 N–H and O–H groups in total. The van der Waals surface area contributed by atoms with E-state index in [0.717, 1.165) is 9.21 Å². The molecule has 0 aromatic carbocycles. The Kier molecular flexibility index (Phi) is 2.77. The smallest absolute Gasteiger partial charge is 0.169 e. The van der Waals surface area contributed by atoms with E-state index >= 15 is 0 Å². The summed E-state index contributed by atoms with van der Waals surface area (Å²) in [6, 6.07) is 3.69. The lowest BCUT2D eigenvalue weighted by Crippen LogP contribution is -1.90. The summed E-state index contributed by atoms with van der Waals surface area (Å²) in [6.45, 7) is -0.0362. The fraction of sp³-hybridized carbons (Fsp3) is 0.111. The lowest BCUT2D eigenvalue weighted by Gasteiger charge is -1.96. The Hall–Kier alpha value is -0.970. The fourth-order valence-electron chi connectivity index (χ4n) is 0.998. The molecule has 0 fully saturated rings. The van der Waals surface area contributed by atoms with Crippen molar-refractivity contribution >= 4 is 22.9 Å². The number of thiophene rings is 1. The molecule has 0 aliphatic heterocycles. The minimum absolute atomic E-state index is 0.0362. The molecule has 0 spiro atoms. The number of nitrogens with zero attached hydrogens (tertiary/aromatic N) is 2. The van der Waals surface area contributed by atoms with Crippen molar-refractivity contribution in [2.24, 2.45) is 0 Å². The molecule has 2 heterocycles. The maximum Gasteiger partial charge on any atom is 0.169 e. The quantitative estimate of drug-likeness (QED) is 0.855. The van der Waals surface area contributed by atoms with Crippen LogP contribution in [0.2, 0.25) is 4.34 Å². The average Bonchev–Trinajstić information content (AvgIpc) is 2.65. The molecule has 2 rings (SSSR count). The molecular weight excluding hydrogens is 220 g/mol. The minimum Gasteiger partial charge on any atom is -0.392 e. The van der Waals surface area contributed by atoms with Gasteiger partial charge in [0.05, 0.1) is 15.8 Å². The van der Waals surface area contributed by atoms with Crippen molar-refractivity contribution in [1.82, 2.24) is 9.97 Å². The molecule has 0 atom stereocenters. The van der Waals surface area contributed by atoms with Crippen molar-refractivity contribution in [3.05, 3.63) is 34.4 Å². The van der Waals surface area contributed by atoms with Crippen LogP contribution in [0, 0.1) is 0 Å². The highest BCUT2D eigenvalue weighted by Crippen LogP contribution is 2.28. The van der Waals surface area contributed by atoms with Gasteiger partial charge in [-0.3, -0.25) is 0 Å². The van der Waals surface area contributed by atoms with Crippen LogP contribution in [0.3, 0.4) is 0 Å². The Bertz CT molecular complexity index is 427. The van der Waals surface area contributed by atoms with Gasteiger partial charge >= 0.3 is 0 Å². The van der Waals surface area contributed by atoms with E-state index in [2.05, 4.69) is 9.97 Å². The summed E-state index contributed by atoms with van der Waals surface area (Å²) in [4.78, 5) is 9.16. The largest absolute Gasteiger partial charge is 0.392 e. The fourth-order valence-corrected chi connectivity index (χ4v) is 1.99. The highest BCUT2D eigenvalue weighted by molar-refractivity contribution is 7.19. The van der Waals surface area contributed by atoms with E-state index in [9.17, 15) is 0 Å². The van der Waals surface area contributed by atoms with Crippen LogP contribution in [-0.4, -0.2) is 15.1 Å². The third kappa shape index (κ3) is 1.92. The molecule has 0 bridgehead atoms. The zero-order valence-electron chi connectivity index (χ0n) is 7.14. The Balaban J connectivity index is 2.33. The second-order valence-corrected chi connectivity index (χ2v) is 4.39. The van der Waals surface area contributed by atoms with Gasteiger partial charge in [0.25, 0.3) is 0 Å². The first-order valence-corrected chi connectivity index (χ1v) is 5.16. The van der Waals surface area contributed by atoms with Crippen LogP contribution in [-0.2, 0) is 6.61 Å². The van der Waals surface area contributed by atoms with Crippen molar-refractivity contribution < 1.29 is 5.11 Å². The van der Waals surface area contributed by atoms with Crippen molar-refractivity contribution in [2.75, 3.05) is 0 Å². The summed E-state index contributed by atoms with van der Waals surface area (Å²) < 4.78 is 0.717. The summed E-state index contributed by atoms with van der Waals surface area (Å²) in [5.41, 5.74) is 0.705. The number of aromatic nitrogens is 2. The molecule has 14 heavy (non-hydrogen) atoms. The average molecular weight is 227 g/mol. The van der Waals surface area contributed by atoms with E-state index in [1.54, 1.807) is 12.4 Å². The van der Waals surface area contributed by atoms with Crippen LogP contribution >= 0.6 is 22.9 Å². The number of aliphatic hydroxyl groups is 1. The van der Waals surface area contributed by atoms with Crippen molar-refractivity contribution in [2.45, 2.75) is 6.61 Å². The Labute approximate surface area is 90.0 Å².